The van der Waals surface area contributed by atoms with E-state index in [2.05, 4.69) is 4.74 Å². The summed E-state index contributed by atoms with van der Waals surface area (Å²) in [5.74, 6) is -1.61. The quantitative estimate of drug-likeness (QED) is 0.416. The molecular weight excluding hydrogens is 366 g/mol. The predicted molar refractivity (Wildman–Crippen MR) is 96.8 cm³/mol. The molecule has 0 unspecified atom stereocenters. The van der Waals surface area contributed by atoms with E-state index in [1.165, 1.54) is 37.3 Å². The fraction of sp³-hybridized carbons (Fsp3) is 0.500. The number of likely N-dealkylation sites (tertiary alicyclic amines) is 1. The second-order valence-electron chi connectivity index (χ2n) is 6.91. The lowest BCUT2D eigenvalue weighted by molar-refractivity contribution is -0.141. The molecule has 2 atom stereocenters. The topological polar surface area (TPSA) is 99.2 Å². The minimum Gasteiger partial charge on any atom is -0.493 e. The summed E-state index contributed by atoms with van der Waals surface area (Å²) in [5.41, 5.74) is 0.259. The van der Waals surface area contributed by atoms with E-state index in [0.29, 0.717) is 0 Å². The number of carbonyl (C=O) groups is 4. The van der Waals surface area contributed by atoms with Gasteiger partial charge in [0, 0.05) is 6.54 Å². The first-order valence-electron chi connectivity index (χ1n) is 9.28. The summed E-state index contributed by atoms with van der Waals surface area (Å²) >= 11 is 0. The van der Waals surface area contributed by atoms with Crippen LogP contribution in [0.25, 0.3) is 0 Å². The van der Waals surface area contributed by atoms with Crippen molar-refractivity contribution in [3.8, 4) is 11.5 Å². The number of carbonyl (C=O) groups excluding carboxylic acids is 4. The van der Waals surface area contributed by atoms with E-state index in [4.69, 9.17) is 9.47 Å². The zero-order valence-electron chi connectivity index (χ0n) is 15.9. The number of hydrogen-bond acceptors (Lipinski definition) is 7. The van der Waals surface area contributed by atoms with E-state index in [9.17, 15) is 19.2 Å². The Morgan fingerprint density at radius 3 is 2.25 bits per heavy atom. The van der Waals surface area contributed by atoms with E-state index in [-0.39, 0.29) is 53.7 Å². The summed E-state index contributed by atoms with van der Waals surface area (Å²) in [6.45, 7) is 0.00601. The van der Waals surface area contributed by atoms with Crippen LogP contribution in [-0.4, -0.2) is 49.4 Å². The van der Waals surface area contributed by atoms with Gasteiger partial charge in [0.2, 0.25) is 11.8 Å². The second kappa shape index (κ2) is 8.41. The van der Waals surface area contributed by atoms with Crippen LogP contribution >= 0.6 is 0 Å². The molecular formula is C20H23NO7. The number of ether oxygens (including phenoxy) is 3. The molecule has 2 aliphatic rings. The van der Waals surface area contributed by atoms with Crippen LogP contribution in [0.15, 0.2) is 18.2 Å². The molecule has 1 heterocycles. The van der Waals surface area contributed by atoms with Crippen LogP contribution in [0, 0.1) is 11.8 Å². The van der Waals surface area contributed by atoms with Gasteiger partial charge in [-0.25, -0.2) is 4.79 Å². The molecule has 1 saturated carbocycles. The lowest BCUT2D eigenvalue weighted by Gasteiger charge is -2.19. The molecule has 8 nitrogen and oxygen atoms in total. The molecule has 1 aliphatic heterocycles. The second-order valence-corrected chi connectivity index (χ2v) is 6.91. The Hall–Kier alpha value is -2.90. The SMILES string of the molecule is COC(=O)c1ccc(OC(=O)CCN2C(=O)[C@H]3CCCC[C@H]3C2=O)c(OC)c1. The molecule has 1 aromatic carbocycles. The molecule has 0 spiro atoms. The van der Waals surface area contributed by atoms with Crippen molar-refractivity contribution in [2.24, 2.45) is 11.8 Å². The van der Waals surface area contributed by atoms with Gasteiger partial charge in [-0.05, 0) is 31.0 Å². The Kier molecular flexibility index (Phi) is 5.96. The molecule has 1 saturated heterocycles. The zero-order valence-corrected chi connectivity index (χ0v) is 15.9. The third-order valence-electron chi connectivity index (χ3n) is 5.28. The average Bonchev–Trinajstić information content (AvgIpc) is 2.96. The number of esters is 2. The Balaban J connectivity index is 1.61. The fourth-order valence-electron chi connectivity index (χ4n) is 3.82. The molecule has 0 N–H and O–H groups in total. The van der Waals surface area contributed by atoms with Gasteiger partial charge >= 0.3 is 11.9 Å². The van der Waals surface area contributed by atoms with Crippen molar-refractivity contribution in [1.82, 2.24) is 4.90 Å². The molecule has 1 aliphatic carbocycles. The highest BCUT2D eigenvalue weighted by molar-refractivity contribution is 6.05. The molecule has 0 bridgehead atoms. The summed E-state index contributed by atoms with van der Waals surface area (Å²) in [6.07, 6.45) is 3.27. The number of fused-ring (bicyclic) bond motifs is 1. The van der Waals surface area contributed by atoms with Crippen molar-refractivity contribution < 1.29 is 33.4 Å². The highest BCUT2D eigenvalue weighted by Gasteiger charge is 2.47. The summed E-state index contributed by atoms with van der Waals surface area (Å²) in [4.78, 5) is 49.9. The Morgan fingerprint density at radius 2 is 1.68 bits per heavy atom. The van der Waals surface area contributed by atoms with E-state index in [1.54, 1.807) is 0 Å². The third kappa shape index (κ3) is 3.85. The van der Waals surface area contributed by atoms with Gasteiger partial charge in [0.1, 0.15) is 0 Å². The van der Waals surface area contributed by atoms with E-state index in [0.717, 1.165) is 25.7 Å². The van der Waals surface area contributed by atoms with Gasteiger partial charge in [-0.1, -0.05) is 12.8 Å². The zero-order chi connectivity index (χ0) is 20.3. The summed E-state index contributed by atoms with van der Waals surface area (Å²) in [6, 6.07) is 4.30. The van der Waals surface area contributed by atoms with Crippen LogP contribution in [0.3, 0.4) is 0 Å². The third-order valence-corrected chi connectivity index (χ3v) is 5.28. The van der Waals surface area contributed by atoms with Crippen LogP contribution in [0.2, 0.25) is 0 Å². The number of methoxy groups -OCH3 is 2. The molecule has 0 radical (unpaired) electrons. The van der Waals surface area contributed by atoms with Crippen molar-refractivity contribution in [1.29, 1.82) is 0 Å². The Morgan fingerprint density at radius 1 is 1.04 bits per heavy atom. The van der Waals surface area contributed by atoms with E-state index < -0.39 is 11.9 Å². The number of imide groups is 1. The van der Waals surface area contributed by atoms with Crippen molar-refractivity contribution in [2.75, 3.05) is 20.8 Å². The molecule has 2 amide bonds. The number of hydrogen-bond donors (Lipinski definition) is 0. The first-order chi connectivity index (χ1) is 13.5. The van der Waals surface area contributed by atoms with Crippen LogP contribution < -0.4 is 9.47 Å². The first-order valence-corrected chi connectivity index (χ1v) is 9.28. The molecule has 150 valence electrons. The van der Waals surface area contributed by atoms with Crippen molar-refractivity contribution in [3.63, 3.8) is 0 Å². The summed E-state index contributed by atoms with van der Waals surface area (Å²) in [7, 11) is 2.65. The molecule has 2 fully saturated rings. The number of benzene rings is 1. The van der Waals surface area contributed by atoms with Gasteiger partial charge in [0.25, 0.3) is 0 Å². The van der Waals surface area contributed by atoms with Gasteiger partial charge < -0.3 is 14.2 Å². The van der Waals surface area contributed by atoms with Gasteiger partial charge in [-0.15, -0.1) is 0 Å². The van der Waals surface area contributed by atoms with Crippen molar-refractivity contribution in [3.05, 3.63) is 23.8 Å². The monoisotopic (exact) mass is 389 g/mol. The largest absolute Gasteiger partial charge is 0.493 e. The van der Waals surface area contributed by atoms with Crippen LogP contribution in [0.5, 0.6) is 11.5 Å². The van der Waals surface area contributed by atoms with E-state index in [1.807, 2.05) is 0 Å². The maximum Gasteiger partial charge on any atom is 0.337 e. The minimum atomic E-state index is -0.598. The predicted octanol–water partition coefficient (Wildman–Crippen LogP) is 1.95. The molecule has 1 aromatic rings. The molecule has 28 heavy (non-hydrogen) atoms. The van der Waals surface area contributed by atoms with Crippen LogP contribution in [0.1, 0.15) is 42.5 Å². The number of nitrogens with zero attached hydrogens (tertiary/aromatic N) is 1. The minimum absolute atomic E-state index is 0.00601. The summed E-state index contributed by atoms with van der Waals surface area (Å²) in [5, 5.41) is 0. The van der Waals surface area contributed by atoms with Crippen LogP contribution in [0.4, 0.5) is 0 Å². The number of rotatable bonds is 6. The first kappa shape index (κ1) is 19.9. The van der Waals surface area contributed by atoms with Crippen LogP contribution in [-0.2, 0) is 19.1 Å². The highest BCUT2D eigenvalue weighted by Crippen LogP contribution is 2.38. The maximum absolute atomic E-state index is 12.4. The van der Waals surface area contributed by atoms with Gasteiger partial charge in [0.05, 0.1) is 38.0 Å². The molecule has 8 heteroatoms. The molecule has 3 rings (SSSR count). The Bertz CT molecular complexity index is 780. The van der Waals surface area contributed by atoms with Crippen molar-refractivity contribution >= 4 is 23.8 Å². The standard InChI is InChI=1S/C20H23NO7/c1-26-16-11-12(20(25)27-2)7-8-15(16)28-17(22)9-10-21-18(23)13-5-3-4-6-14(13)19(21)24/h7-8,11,13-14H,3-6,9-10H2,1-2H3/t13-,14+. The smallest absolute Gasteiger partial charge is 0.337 e. The summed E-state index contributed by atoms with van der Waals surface area (Å²) < 4.78 is 15.1. The number of amides is 2. The van der Waals surface area contributed by atoms with Gasteiger partial charge in [-0.2, -0.15) is 0 Å². The van der Waals surface area contributed by atoms with Gasteiger partial charge in [-0.3, -0.25) is 19.3 Å². The van der Waals surface area contributed by atoms with Crippen molar-refractivity contribution in [2.45, 2.75) is 32.1 Å². The lowest BCUT2D eigenvalue weighted by atomic mass is 9.81. The maximum atomic E-state index is 12.4. The highest BCUT2D eigenvalue weighted by atomic mass is 16.6. The normalized spacial score (nSPS) is 21.3. The Labute approximate surface area is 162 Å². The molecule has 0 aromatic heterocycles. The van der Waals surface area contributed by atoms with E-state index >= 15 is 0 Å². The average molecular weight is 389 g/mol. The fourth-order valence-corrected chi connectivity index (χ4v) is 3.82. The lowest BCUT2D eigenvalue weighted by Crippen LogP contribution is -2.33. The van der Waals surface area contributed by atoms with Gasteiger partial charge in [0.15, 0.2) is 11.5 Å².